The molecule has 0 aliphatic rings. The highest BCUT2D eigenvalue weighted by atomic mass is 35.5. The fourth-order valence-corrected chi connectivity index (χ4v) is 4.86. The molecular formula is C25H24ClF3N2O4S. The molecule has 0 spiro atoms. The number of ether oxygens (including phenoxy) is 1. The monoisotopic (exact) mass is 540 g/mol. The lowest BCUT2D eigenvalue weighted by Gasteiger charge is -2.25. The van der Waals surface area contributed by atoms with Gasteiger partial charge in [-0.3, -0.25) is 9.10 Å². The molecule has 0 aromatic heterocycles. The molecule has 0 saturated heterocycles. The highest BCUT2D eigenvalue weighted by Gasteiger charge is 2.35. The van der Waals surface area contributed by atoms with E-state index in [9.17, 15) is 26.4 Å². The Morgan fingerprint density at radius 1 is 0.972 bits per heavy atom. The van der Waals surface area contributed by atoms with Crippen LogP contribution in [-0.2, 0) is 21.0 Å². The van der Waals surface area contributed by atoms with Gasteiger partial charge in [-0.1, -0.05) is 47.0 Å². The number of aryl methyl sites for hydroxylation is 2. The van der Waals surface area contributed by atoms with Gasteiger partial charge in [0, 0.05) is 0 Å². The molecule has 1 N–H and O–H groups in total. The minimum Gasteiger partial charge on any atom is -0.492 e. The van der Waals surface area contributed by atoms with Crippen molar-refractivity contribution in [2.75, 3.05) is 24.0 Å². The summed E-state index contributed by atoms with van der Waals surface area (Å²) in [5.74, 6) is -0.124. The number of rotatable bonds is 9. The number of carbonyl (C=O) groups is 1. The fraction of sp³-hybridized carbons (Fsp3) is 0.240. The molecule has 3 aromatic rings. The Morgan fingerprint density at radius 3 is 2.14 bits per heavy atom. The van der Waals surface area contributed by atoms with E-state index in [4.69, 9.17) is 16.3 Å². The number of halogens is 4. The van der Waals surface area contributed by atoms with Crippen molar-refractivity contribution in [2.24, 2.45) is 0 Å². The van der Waals surface area contributed by atoms with Crippen LogP contribution in [0.3, 0.4) is 0 Å². The number of hydrogen-bond acceptors (Lipinski definition) is 4. The Bertz CT molecular complexity index is 1310. The first-order chi connectivity index (χ1) is 16.9. The number of benzene rings is 3. The SMILES string of the molecule is Cc1ccc(OCCNC(=O)CN(c2ccc(Cl)c(C(F)(F)F)c2)S(=O)(=O)c2ccc(C)cc2)cc1. The van der Waals surface area contributed by atoms with Gasteiger partial charge in [-0.2, -0.15) is 13.2 Å². The topological polar surface area (TPSA) is 75.7 Å². The van der Waals surface area contributed by atoms with Gasteiger partial charge in [0.25, 0.3) is 10.0 Å². The van der Waals surface area contributed by atoms with Gasteiger partial charge in [0.05, 0.1) is 27.7 Å². The summed E-state index contributed by atoms with van der Waals surface area (Å²) in [4.78, 5) is 12.5. The average Bonchev–Trinajstić information content (AvgIpc) is 2.81. The van der Waals surface area contributed by atoms with Crippen LogP contribution < -0.4 is 14.4 Å². The molecule has 0 radical (unpaired) electrons. The third-order valence-electron chi connectivity index (χ3n) is 5.15. The van der Waals surface area contributed by atoms with Crippen molar-refractivity contribution in [1.82, 2.24) is 5.32 Å². The van der Waals surface area contributed by atoms with Crippen molar-refractivity contribution in [3.05, 3.63) is 88.4 Å². The summed E-state index contributed by atoms with van der Waals surface area (Å²) in [6, 6.07) is 15.7. The number of nitrogens with one attached hydrogen (secondary N) is 1. The van der Waals surface area contributed by atoms with Gasteiger partial charge in [-0.15, -0.1) is 0 Å². The second kappa shape index (κ2) is 11.2. The number of anilines is 1. The molecule has 6 nitrogen and oxygen atoms in total. The molecule has 0 unspecified atom stereocenters. The maximum absolute atomic E-state index is 13.4. The van der Waals surface area contributed by atoms with E-state index in [0.717, 1.165) is 23.3 Å². The summed E-state index contributed by atoms with van der Waals surface area (Å²) in [7, 11) is -4.39. The van der Waals surface area contributed by atoms with Crippen molar-refractivity contribution in [3.8, 4) is 5.75 Å². The smallest absolute Gasteiger partial charge is 0.417 e. The lowest BCUT2D eigenvalue weighted by atomic mass is 10.2. The van der Waals surface area contributed by atoms with E-state index in [1.54, 1.807) is 31.2 Å². The van der Waals surface area contributed by atoms with Gasteiger partial charge in [0.1, 0.15) is 18.9 Å². The first-order valence-electron chi connectivity index (χ1n) is 10.8. The molecule has 192 valence electrons. The lowest BCUT2D eigenvalue weighted by Crippen LogP contribution is -2.42. The minimum atomic E-state index is -4.82. The van der Waals surface area contributed by atoms with E-state index in [1.807, 2.05) is 19.1 Å². The van der Waals surface area contributed by atoms with Crippen LogP contribution >= 0.6 is 11.6 Å². The highest BCUT2D eigenvalue weighted by Crippen LogP contribution is 2.38. The van der Waals surface area contributed by atoms with Crippen LogP contribution in [-0.4, -0.2) is 34.0 Å². The summed E-state index contributed by atoms with van der Waals surface area (Å²) in [5, 5.41) is 1.95. The molecular weight excluding hydrogens is 517 g/mol. The third kappa shape index (κ3) is 6.92. The molecule has 1 amide bonds. The zero-order valence-electron chi connectivity index (χ0n) is 19.5. The molecule has 0 bridgehead atoms. The quantitative estimate of drug-likeness (QED) is 0.370. The van der Waals surface area contributed by atoms with Gasteiger partial charge >= 0.3 is 6.18 Å². The number of carbonyl (C=O) groups excluding carboxylic acids is 1. The lowest BCUT2D eigenvalue weighted by molar-refractivity contribution is -0.137. The standard InChI is InChI=1S/C25H24ClF3N2O4S/c1-17-3-8-20(9-4-17)35-14-13-30-24(32)16-31(36(33,34)21-10-5-18(2)6-11-21)19-7-12-23(26)22(15-19)25(27,28)29/h3-12,15H,13-14,16H2,1-2H3,(H,30,32). The predicted octanol–water partition coefficient (Wildman–Crippen LogP) is 5.37. The van der Waals surface area contributed by atoms with E-state index < -0.39 is 39.2 Å². The molecule has 0 fully saturated rings. The normalized spacial score (nSPS) is 11.7. The van der Waals surface area contributed by atoms with Gasteiger partial charge in [-0.25, -0.2) is 8.42 Å². The van der Waals surface area contributed by atoms with Gasteiger partial charge < -0.3 is 10.1 Å². The Balaban J connectivity index is 1.82. The van der Waals surface area contributed by atoms with Crippen LogP contribution in [0, 0.1) is 13.8 Å². The van der Waals surface area contributed by atoms with Crippen LogP contribution in [0.25, 0.3) is 0 Å². The predicted molar refractivity (Wildman–Crippen MR) is 132 cm³/mol. The minimum absolute atomic E-state index is 0.0551. The zero-order valence-corrected chi connectivity index (χ0v) is 21.0. The molecule has 0 aliphatic heterocycles. The number of amides is 1. The Hall–Kier alpha value is -3.24. The second-order valence-corrected chi connectivity index (χ2v) is 10.3. The van der Waals surface area contributed by atoms with Crippen molar-refractivity contribution < 1.29 is 31.1 Å². The zero-order chi connectivity index (χ0) is 26.5. The van der Waals surface area contributed by atoms with E-state index in [0.29, 0.717) is 16.1 Å². The number of alkyl halides is 3. The first-order valence-corrected chi connectivity index (χ1v) is 12.6. The summed E-state index contributed by atoms with van der Waals surface area (Å²) < 4.78 is 73.2. The number of hydrogen-bond donors (Lipinski definition) is 1. The van der Waals surface area contributed by atoms with Gasteiger partial charge in [0.2, 0.25) is 5.91 Å². The molecule has 3 rings (SSSR count). The molecule has 0 aliphatic carbocycles. The van der Waals surface area contributed by atoms with Crippen molar-refractivity contribution in [3.63, 3.8) is 0 Å². The Labute approximate surface area is 212 Å². The van der Waals surface area contributed by atoms with Gasteiger partial charge in [-0.05, 0) is 56.3 Å². The van der Waals surface area contributed by atoms with Crippen molar-refractivity contribution in [1.29, 1.82) is 0 Å². The van der Waals surface area contributed by atoms with Crippen LogP contribution in [0.4, 0.5) is 18.9 Å². The number of sulfonamides is 1. The molecule has 0 saturated carbocycles. The van der Waals surface area contributed by atoms with Crippen molar-refractivity contribution >= 4 is 33.2 Å². The fourth-order valence-electron chi connectivity index (χ4n) is 3.22. The average molecular weight is 541 g/mol. The second-order valence-electron chi connectivity index (χ2n) is 8.00. The Kier molecular flexibility index (Phi) is 8.52. The first kappa shape index (κ1) is 27.3. The molecule has 3 aromatic carbocycles. The molecule has 0 atom stereocenters. The Morgan fingerprint density at radius 2 is 1.56 bits per heavy atom. The largest absolute Gasteiger partial charge is 0.492 e. The molecule has 11 heteroatoms. The highest BCUT2D eigenvalue weighted by molar-refractivity contribution is 7.92. The summed E-state index contributed by atoms with van der Waals surface area (Å²) in [6.07, 6.45) is -4.82. The van der Waals surface area contributed by atoms with Crippen LogP contribution in [0.5, 0.6) is 5.75 Å². The van der Waals surface area contributed by atoms with Crippen LogP contribution in [0.1, 0.15) is 16.7 Å². The van der Waals surface area contributed by atoms with E-state index >= 15 is 0 Å². The summed E-state index contributed by atoms with van der Waals surface area (Å²) in [5.41, 5.74) is 0.287. The molecule has 36 heavy (non-hydrogen) atoms. The molecule has 0 heterocycles. The van der Waals surface area contributed by atoms with Gasteiger partial charge in [0.15, 0.2) is 0 Å². The number of nitrogens with zero attached hydrogens (tertiary/aromatic N) is 1. The van der Waals surface area contributed by atoms with E-state index in [1.165, 1.54) is 12.1 Å². The van der Waals surface area contributed by atoms with E-state index in [-0.39, 0.29) is 23.7 Å². The van der Waals surface area contributed by atoms with E-state index in [2.05, 4.69) is 5.32 Å². The summed E-state index contributed by atoms with van der Waals surface area (Å²) >= 11 is 5.70. The summed E-state index contributed by atoms with van der Waals surface area (Å²) in [6.45, 7) is 3.10. The van der Waals surface area contributed by atoms with Crippen LogP contribution in [0.2, 0.25) is 5.02 Å². The maximum atomic E-state index is 13.4. The third-order valence-corrected chi connectivity index (χ3v) is 7.27. The van der Waals surface area contributed by atoms with Crippen LogP contribution in [0.15, 0.2) is 71.6 Å². The maximum Gasteiger partial charge on any atom is 0.417 e. The van der Waals surface area contributed by atoms with Crippen molar-refractivity contribution in [2.45, 2.75) is 24.9 Å².